The second-order valence-electron chi connectivity index (χ2n) is 6.42. The lowest BCUT2D eigenvalue weighted by Gasteiger charge is -2.17. The molecule has 0 fully saturated rings. The first kappa shape index (κ1) is 20.9. The number of hydrogen-bond donors (Lipinski definition) is 0. The molecule has 4 aromatic rings. The number of benzene rings is 3. The fraction of sp³-hybridized carbons (Fsp3) is 0.0909. The number of carbonyl (C=O) groups is 1. The van der Waals surface area contributed by atoms with Crippen LogP contribution in [0.15, 0.2) is 78.9 Å². The average molecular weight is 412 g/mol. The first-order valence-corrected chi connectivity index (χ1v) is 9.97. The molecule has 0 saturated carbocycles. The van der Waals surface area contributed by atoms with Crippen LogP contribution in [0.4, 0.5) is 0 Å². The van der Waals surface area contributed by atoms with Crippen molar-refractivity contribution in [2.75, 3.05) is 0 Å². The highest BCUT2D eigenvalue weighted by molar-refractivity contribution is 6.03. The molecule has 29 heavy (non-hydrogen) atoms. The van der Waals surface area contributed by atoms with Crippen LogP contribution in [-0.4, -0.2) is 5.78 Å². The maximum Gasteiger partial charge on any atom is 0.213 e. The van der Waals surface area contributed by atoms with Gasteiger partial charge in [0.1, 0.15) is 7.05 Å². The van der Waals surface area contributed by atoms with Gasteiger partial charge in [0, 0.05) is 24.1 Å². The molecule has 0 aliphatic carbocycles. The molecule has 0 N–H and O–H groups in total. The number of ketones is 1. The van der Waals surface area contributed by atoms with Crippen LogP contribution in [-0.2, 0) is 13.5 Å². The first-order valence-electron chi connectivity index (χ1n) is 8.74. The summed E-state index contributed by atoms with van der Waals surface area (Å²) < 4.78 is 36.2. The van der Waals surface area contributed by atoms with Gasteiger partial charge in [0.15, 0.2) is 5.78 Å². The monoisotopic (exact) mass is 411 g/mol. The van der Waals surface area contributed by atoms with Gasteiger partial charge in [0.25, 0.3) is 0 Å². The van der Waals surface area contributed by atoms with Gasteiger partial charge in [-0.2, -0.15) is 4.57 Å². The van der Waals surface area contributed by atoms with Gasteiger partial charge in [0.05, 0.1) is 10.8 Å². The third-order valence-corrected chi connectivity index (χ3v) is 4.61. The van der Waals surface area contributed by atoms with Crippen molar-refractivity contribution >= 4 is 27.6 Å². The van der Waals surface area contributed by atoms with Gasteiger partial charge in [-0.05, 0) is 17.7 Å². The largest absolute Gasteiger partial charge is 0.294 e. The quantitative estimate of drug-likeness (QED) is 0.256. The summed E-state index contributed by atoms with van der Waals surface area (Å²) in [4.78, 5) is 12.8. The van der Waals surface area contributed by atoms with Crippen molar-refractivity contribution in [2.24, 2.45) is 7.05 Å². The minimum Gasteiger partial charge on any atom is -0.294 e. The number of pyridine rings is 1. The highest BCUT2D eigenvalue weighted by Crippen LogP contribution is 2.26. The molecule has 0 spiro atoms. The molecule has 0 radical (unpaired) electrons. The zero-order valence-corrected chi connectivity index (χ0v) is 16.3. The van der Waals surface area contributed by atoms with E-state index in [-0.39, 0.29) is 5.78 Å². The fourth-order valence-corrected chi connectivity index (χ4v) is 3.39. The van der Waals surface area contributed by atoms with Crippen LogP contribution in [0.2, 0.25) is 0 Å². The van der Waals surface area contributed by atoms with Gasteiger partial charge in [-0.25, -0.2) is 18.6 Å². The molecule has 7 heteroatoms. The van der Waals surface area contributed by atoms with E-state index in [4.69, 9.17) is 18.6 Å². The molecule has 0 amide bonds. The molecular weight excluding hydrogens is 394 g/mol. The number of halogens is 1. The molecule has 6 nitrogen and oxygen atoms in total. The molecule has 3 aromatic carbocycles. The van der Waals surface area contributed by atoms with Gasteiger partial charge in [-0.1, -0.05) is 54.6 Å². The van der Waals surface area contributed by atoms with E-state index in [0.717, 1.165) is 32.9 Å². The van der Waals surface area contributed by atoms with Crippen LogP contribution in [0.5, 0.6) is 0 Å². The van der Waals surface area contributed by atoms with Crippen LogP contribution in [0.1, 0.15) is 15.9 Å². The maximum atomic E-state index is 12.8. The lowest BCUT2D eigenvalue weighted by molar-refractivity contribution is -2.00. The number of para-hydroxylation sites is 2. The average Bonchev–Trinajstić information content (AvgIpc) is 2.70. The van der Waals surface area contributed by atoms with Gasteiger partial charge < -0.3 is 0 Å². The Balaban J connectivity index is 0.000000431. The number of nitrogens with zero attached hydrogens (tertiary/aromatic N) is 1. The Morgan fingerprint density at radius 1 is 0.759 bits per heavy atom. The van der Waals surface area contributed by atoms with Crippen LogP contribution in [0.25, 0.3) is 21.8 Å². The minimum absolute atomic E-state index is 0.153. The van der Waals surface area contributed by atoms with E-state index < -0.39 is 10.2 Å². The summed E-state index contributed by atoms with van der Waals surface area (Å²) in [7, 11) is -2.87. The van der Waals surface area contributed by atoms with Crippen molar-refractivity contribution in [1.29, 1.82) is 0 Å². The van der Waals surface area contributed by atoms with Crippen molar-refractivity contribution in [2.45, 2.75) is 6.42 Å². The Morgan fingerprint density at radius 3 is 1.66 bits per heavy atom. The number of aromatic nitrogens is 1. The molecule has 0 aliphatic heterocycles. The molecule has 0 saturated heterocycles. The molecule has 1 aromatic heterocycles. The summed E-state index contributed by atoms with van der Waals surface area (Å²) >= 11 is 0. The zero-order chi connectivity index (χ0) is 21.0. The van der Waals surface area contributed by atoms with Crippen LogP contribution >= 0.6 is 0 Å². The highest BCUT2D eigenvalue weighted by atomic mass is 35.7. The van der Waals surface area contributed by atoms with E-state index in [1.54, 1.807) is 0 Å². The topological polar surface area (TPSA) is 113 Å². The number of carbonyl (C=O) groups excluding carboxylic acids is 1. The van der Waals surface area contributed by atoms with E-state index >= 15 is 0 Å². The molecule has 1 heterocycles. The number of aryl methyl sites for hydroxylation is 1. The molecular formula is C22H18ClNO5. The number of hydrogen-bond acceptors (Lipinski definition) is 5. The number of fused-ring (bicyclic) bond motifs is 2. The summed E-state index contributed by atoms with van der Waals surface area (Å²) in [6.45, 7) is 0. The third kappa shape index (κ3) is 5.14. The smallest absolute Gasteiger partial charge is 0.213 e. The minimum atomic E-state index is -4.94. The lowest BCUT2D eigenvalue weighted by atomic mass is 9.95. The van der Waals surface area contributed by atoms with Crippen LogP contribution in [0, 0.1) is 10.2 Å². The summed E-state index contributed by atoms with van der Waals surface area (Å²) in [5, 5.41) is 2.28. The predicted octanol–water partition coefficient (Wildman–Crippen LogP) is -0.513. The summed E-state index contributed by atoms with van der Waals surface area (Å²) in [5.41, 5.74) is 4.16. The molecule has 4 rings (SSSR count). The summed E-state index contributed by atoms with van der Waals surface area (Å²) in [6, 6.07) is 26.1. The molecule has 0 bridgehead atoms. The second kappa shape index (κ2) is 8.65. The van der Waals surface area contributed by atoms with Gasteiger partial charge in [0.2, 0.25) is 11.0 Å². The summed E-state index contributed by atoms with van der Waals surface area (Å²) in [6.07, 6.45) is 0.409. The van der Waals surface area contributed by atoms with Gasteiger partial charge in [-0.15, -0.1) is 10.2 Å². The maximum absolute atomic E-state index is 12.8. The number of rotatable bonds is 3. The Labute approximate surface area is 169 Å². The van der Waals surface area contributed by atoms with Crippen molar-refractivity contribution in [3.63, 3.8) is 0 Å². The first-order chi connectivity index (χ1) is 13.8. The fourth-order valence-electron chi connectivity index (χ4n) is 3.39. The van der Waals surface area contributed by atoms with E-state index in [9.17, 15) is 4.79 Å². The Bertz CT molecular complexity index is 1090. The van der Waals surface area contributed by atoms with Crippen LogP contribution < -0.4 is 23.2 Å². The lowest BCUT2D eigenvalue weighted by Crippen LogP contribution is -2.68. The van der Waals surface area contributed by atoms with Crippen LogP contribution in [0.3, 0.4) is 0 Å². The number of Topliss-reactive ketones (excluding diaryl/α,β-unsaturated/α-hetero) is 1. The van der Waals surface area contributed by atoms with E-state index in [1.807, 2.05) is 54.6 Å². The predicted molar refractivity (Wildman–Crippen MR) is 97.1 cm³/mol. The normalized spacial score (nSPS) is 11.2. The van der Waals surface area contributed by atoms with E-state index in [1.165, 1.54) is 0 Å². The zero-order valence-electron chi connectivity index (χ0n) is 15.6. The second-order valence-corrected chi connectivity index (χ2v) is 7.17. The van der Waals surface area contributed by atoms with Crippen molar-refractivity contribution in [1.82, 2.24) is 0 Å². The molecule has 0 unspecified atom stereocenters. The van der Waals surface area contributed by atoms with Crippen molar-refractivity contribution in [3.05, 3.63) is 90.0 Å². The molecule has 0 aliphatic rings. The van der Waals surface area contributed by atoms with Gasteiger partial charge >= 0.3 is 0 Å². The SMILES string of the molecule is C[n+]1c2ccccc2c(CC(=O)c2ccccc2)c2ccccc21.[O-][Cl+3]([O-])([O-])[O-]. The molecule has 148 valence electrons. The Hall–Kier alpha value is -2.87. The standard InChI is InChI=1S/C22H18NO.ClHO4/c1-23-20-13-7-5-11-17(20)19(18-12-6-8-14-21(18)23)15-22(24)16-9-3-2-4-10-16;2-1(3,4)5/h2-14H,15H2,1H3;(H,2,3,4,5)/q+1;/p-1. The van der Waals surface area contributed by atoms with Gasteiger partial charge in [-0.3, -0.25) is 4.79 Å². The van der Waals surface area contributed by atoms with Crippen molar-refractivity contribution < 1.29 is 38.2 Å². The van der Waals surface area contributed by atoms with E-state index in [0.29, 0.717) is 6.42 Å². The molecule has 0 atom stereocenters. The van der Waals surface area contributed by atoms with E-state index in [2.05, 4.69) is 35.9 Å². The Morgan fingerprint density at radius 2 is 1.17 bits per heavy atom. The van der Waals surface area contributed by atoms with Crippen molar-refractivity contribution in [3.8, 4) is 0 Å². The highest BCUT2D eigenvalue weighted by Gasteiger charge is 2.19. The Kier molecular flexibility index (Phi) is 6.22. The summed E-state index contributed by atoms with van der Waals surface area (Å²) in [5.74, 6) is 0.153. The third-order valence-electron chi connectivity index (χ3n) is 4.61.